The SMILES string of the molecule is CCCOc1ccc(SC)cc1-c1cn(C)c(=O)c2cnc(/C(C=N)=C/NC)nc12. The zero-order valence-corrected chi connectivity index (χ0v) is 18.3. The van der Waals surface area contributed by atoms with Gasteiger partial charge in [-0.2, -0.15) is 0 Å². The van der Waals surface area contributed by atoms with Gasteiger partial charge in [0.25, 0.3) is 5.56 Å². The Morgan fingerprint density at radius 2 is 2.17 bits per heavy atom. The highest BCUT2D eigenvalue weighted by Crippen LogP contribution is 2.36. The number of thioether (sulfide) groups is 1. The van der Waals surface area contributed by atoms with Crippen LogP contribution in [-0.2, 0) is 7.05 Å². The van der Waals surface area contributed by atoms with E-state index >= 15 is 0 Å². The van der Waals surface area contributed by atoms with E-state index in [1.54, 1.807) is 38.3 Å². The minimum atomic E-state index is -0.175. The third kappa shape index (κ3) is 4.23. The number of nitrogens with zero attached hydrogens (tertiary/aromatic N) is 3. The molecule has 0 amide bonds. The Balaban J connectivity index is 2.35. The summed E-state index contributed by atoms with van der Waals surface area (Å²) in [5, 5.41) is 11.0. The Hall–Kier alpha value is -3.13. The molecule has 7 nitrogen and oxygen atoms in total. The van der Waals surface area contributed by atoms with Crippen molar-refractivity contribution in [2.45, 2.75) is 18.2 Å². The normalized spacial score (nSPS) is 11.5. The van der Waals surface area contributed by atoms with Crippen LogP contribution in [0.15, 0.2) is 46.5 Å². The van der Waals surface area contributed by atoms with Crippen LogP contribution in [0.3, 0.4) is 0 Å². The van der Waals surface area contributed by atoms with Crippen LogP contribution in [0.2, 0.25) is 0 Å². The molecule has 0 spiro atoms. The first kappa shape index (κ1) is 21.6. The van der Waals surface area contributed by atoms with Crippen molar-refractivity contribution in [3.63, 3.8) is 0 Å². The third-order valence-electron chi connectivity index (χ3n) is 4.57. The average Bonchev–Trinajstić information content (AvgIpc) is 2.78. The fourth-order valence-electron chi connectivity index (χ4n) is 3.09. The van der Waals surface area contributed by atoms with E-state index in [4.69, 9.17) is 10.1 Å². The number of pyridine rings is 1. The van der Waals surface area contributed by atoms with Gasteiger partial charge in [-0.1, -0.05) is 6.92 Å². The van der Waals surface area contributed by atoms with Crippen molar-refractivity contribution >= 4 is 34.5 Å². The van der Waals surface area contributed by atoms with Crippen LogP contribution in [0.25, 0.3) is 27.6 Å². The summed E-state index contributed by atoms with van der Waals surface area (Å²) in [4.78, 5) is 22.8. The minimum absolute atomic E-state index is 0.175. The van der Waals surface area contributed by atoms with E-state index in [1.807, 2.05) is 18.4 Å². The summed E-state index contributed by atoms with van der Waals surface area (Å²) in [6.07, 6.45) is 9.06. The highest BCUT2D eigenvalue weighted by Gasteiger charge is 2.17. The maximum Gasteiger partial charge on any atom is 0.261 e. The molecular formula is C22H25N5O2S. The van der Waals surface area contributed by atoms with E-state index in [2.05, 4.69) is 28.3 Å². The van der Waals surface area contributed by atoms with Crippen LogP contribution in [0, 0.1) is 5.41 Å². The smallest absolute Gasteiger partial charge is 0.261 e. The molecule has 3 rings (SSSR count). The average molecular weight is 424 g/mol. The fourth-order valence-corrected chi connectivity index (χ4v) is 3.53. The van der Waals surface area contributed by atoms with Crippen molar-refractivity contribution in [3.05, 3.63) is 53.0 Å². The number of nitrogens with one attached hydrogen (secondary N) is 2. The lowest BCUT2D eigenvalue weighted by Gasteiger charge is -2.15. The molecule has 2 heterocycles. The van der Waals surface area contributed by atoms with E-state index in [0.29, 0.717) is 28.9 Å². The first-order valence-corrected chi connectivity index (χ1v) is 10.8. The molecule has 2 aromatic heterocycles. The number of ether oxygens (including phenoxy) is 1. The lowest BCUT2D eigenvalue weighted by atomic mass is 10.0. The molecule has 156 valence electrons. The van der Waals surface area contributed by atoms with Crippen LogP contribution in [0.5, 0.6) is 5.75 Å². The highest BCUT2D eigenvalue weighted by molar-refractivity contribution is 7.98. The van der Waals surface area contributed by atoms with Gasteiger partial charge < -0.3 is 20.0 Å². The van der Waals surface area contributed by atoms with Crippen LogP contribution < -0.4 is 15.6 Å². The van der Waals surface area contributed by atoms with Crippen molar-refractivity contribution in [3.8, 4) is 16.9 Å². The van der Waals surface area contributed by atoms with Gasteiger partial charge in [0.1, 0.15) is 5.75 Å². The molecule has 0 saturated carbocycles. The molecule has 0 aliphatic heterocycles. The summed E-state index contributed by atoms with van der Waals surface area (Å²) in [7, 11) is 3.46. The molecule has 0 aliphatic carbocycles. The second kappa shape index (κ2) is 9.58. The van der Waals surface area contributed by atoms with Gasteiger partial charge in [0.05, 0.1) is 23.1 Å². The molecule has 8 heteroatoms. The molecule has 3 aromatic rings. The second-order valence-corrected chi connectivity index (χ2v) is 7.54. The summed E-state index contributed by atoms with van der Waals surface area (Å²) in [5.41, 5.74) is 2.53. The maximum absolute atomic E-state index is 12.7. The van der Waals surface area contributed by atoms with Gasteiger partial charge in [0.15, 0.2) is 5.82 Å². The van der Waals surface area contributed by atoms with Gasteiger partial charge in [-0.05, 0) is 30.9 Å². The third-order valence-corrected chi connectivity index (χ3v) is 5.29. The fraction of sp³-hybridized carbons (Fsp3) is 0.273. The predicted octanol–water partition coefficient (Wildman–Crippen LogP) is 3.72. The van der Waals surface area contributed by atoms with Crippen molar-refractivity contribution in [1.29, 1.82) is 5.41 Å². The first-order chi connectivity index (χ1) is 14.5. The summed E-state index contributed by atoms with van der Waals surface area (Å²) in [5.74, 6) is 1.12. The van der Waals surface area contributed by atoms with Crippen LogP contribution >= 0.6 is 11.8 Å². The number of aromatic nitrogens is 3. The van der Waals surface area contributed by atoms with Crippen molar-refractivity contribution < 1.29 is 4.74 Å². The molecule has 30 heavy (non-hydrogen) atoms. The summed E-state index contributed by atoms with van der Waals surface area (Å²) >= 11 is 1.64. The van der Waals surface area contributed by atoms with E-state index in [9.17, 15) is 4.79 Å². The zero-order valence-electron chi connectivity index (χ0n) is 17.5. The number of aryl methyl sites for hydroxylation is 1. The minimum Gasteiger partial charge on any atom is -0.493 e. The molecule has 0 saturated heterocycles. The van der Waals surface area contributed by atoms with Gasteiger partial charge in [0, 0.05) is 54.9 Å². The molecule has 0 fully saturated rings. The molecule has 0 radical (unpaired) electrons. The standard InChI is InChI=1S/C22H25N5O2S/c1-5-8-29-19-7-6-15(30-4)9-16(19)18-13-27(3)22(28)17-12-25-21(26-20(17)18)14(10-23)11-24-2/h6-7,9-13,23-24H,5,8H2,1-4H3/b14-11+,23-10?. The molecule has 0 atom stereocenters. The number of allylic oxidation sites excluding steroid dienone is 1. The van der Waals surface area contributed by atoms with Gasteiger partial charge in [0.2, 0.25) is 0 Å². The Bertz CT molecular complexity index is 1170. The quantitative estimate of drug-likeness (QED) is 0.424. The summed E-state index contributed by atoms with van der Waals surface area (Å²) in [6.45, 7) is 2.66. The van der Waals surface area contributed by atoms with Crippen molar-refractivity contribution in [1.82, 2.24) is 19.9 Å². The Labute approximate surface area is 179 Å². The first-order valence-electron chi connectivity index (χ1n) is 9.59. The Morgan fingerprint density at radius 1 is 1.37 bits per heavy atom. The van der Waals surface area contributed by atoms with Gasteiger partial charge >= 0.3 is 0 Å². The number of hydrogen-bond acceptors (Lipinski definition) is 7. The van der Waals surface area contributed by atoms with Gasteiger partial charge in [-0.15, -0.1) is 11.8 Å². The number of rotatable bonds is 8. The molecule has 0 unspecified atom stereocenters. The van der Waals surface area contributed by atoms with Crippen LogP contribution in [0.4, 0.5) is 0 Å². The van der Waals surface area contributed by atoms with E-state index in [-0.39, 0.29) is 5.56 Å². The maximum atomic E-state index is 12.7. The van der Waals surface area contributed by atoms with E-state index < -0.39 is 0 Å². The van der Waals surface area contributed by atoms with Gasteiger partial charge in [-0.3, -0.25) is 4.79 Å². The second-order valence-electron chi connectivity index (χ2n) is 6.66. The van der Waals surface area contributed by atoms with Crippen LogP contribution in [-0.4, -0.2) is 40.7 Å². The molecule has 1 aromatic carbocycles. The lowest BCUT2D eigenvalue weighted by molar-refractivity contribution is 0.318. The largest absolute Gasteiger partial charge is 0.493 e. The topological polar surface area (TPSA) is 92.9 Å². The zero-order chi connectivity index (χ0) is 21.7. The molecule has 0 bridgehead atoms. The molecule has 2 N–H and O–H groups in total. The Kier molecular flexibility index (Phi) is 6.89. The van der Waals surface area contributed by atoms with Gasteiger partial charge in [-0.25, -0.2) is 9.97 Å². The summed E-state index contributed by atoms with van der Waals surface area (Å²) in [6, 6.07) is 6.03. The molecular weight excluding hydrogens is 398 g/mol. The molecule has 0 aliphatic rings. The van der Waals surface area contributed by atoms with E-state index in [1.165, 1.54) is 17.0 Å². The monoisotopic (exact) mass is 423 g/mol. The lowest BCUT2D eigenvalue weighted by Crippen LogP contribution is -2.18. The highest BCUT2D eigenvalue weighted by atomic mass is 32.2. The number of hydrogen-bond donors (Lipinski definition) is 2. The summed E-state index contributed by atoms with van der Waals surface area (Å²) < 4.78 is 7.54. The van der Waals surface area contributed by atoms with Crippen molar-refractivity contribution in [2.75, 3.05) is 19.9 Å². The number of benzene rings is 1. The van der Waals surface area contributed by atoms with E-state index in [0.717, 1.165) is 28.2 Å². The van der Waals surface area contributed by atoms with Crippen molar-refractivity contribution in [2.24, 2.45) is 7.05 Å². The Morgan fingerprint density at radius 3 is 2.83 bits per heavy atom. The van der Waals surface area contributed by atoms with Crippen LogP contribution in [0.1, 0.15) is 19.2 Å². The predicted molar refractivity (Wildman–Crippen MR) is 124 cm³/mol. The number of fused-ring (bicyclic) bond motifs is 1.